The molecule has 3 aromatic carbocycles. The van der Waals surface area contributed by atoms with Crippen molar-refractivity contribution in [3.63, 3.8) is 0 Å². The smallest absolute Gasteiger partial charge is 0.264 e. The van der Waals surface area contributed by atoms with Gasteiger partial charge < -0.3 is 10.1 Å². The molecule has 0 radical (unpaired) electrons. The summed E-state index contributed by atoms with van der Waals surface area (Å²) >= 11 is 5.87. The summed E-state index contributed by atoms with van der Waals surface area (Å²) in [5.41, 5.74) is 1.87. The van der Waals surface area contributed by atoms with E-state index in [1.807, 2.05) is 0 Å². The minimum absolute atomic E-state index is 0.00256. The number of carbonyl (C=O) groups excluding carboxylic acids is 1. The van der Waals surface area contributed by atoms with E-state index >= 15 is 0 Å². The fraction of sp³-hybridized carbons (Fsp3) is 0.136. The molecule has 0 aliphatic carbocycles. The molecule has 0 heterocycles. The van der Waals surface area contributed by atoms with Crippen LogP contribution in [0.5, 0.6) is 5.75 Å². The van der Waals surface area contributed by atoms with Gasteiger partial charge in [-0.15, -0.1) is 0 Å². The zero-order valence-electron chi connectivity index (χ0n) is 16.7. The topological polar surface area (TPSA) is 75.7 Å². The van der Waals surface area contributed by atoms with Crippen LogP contribution < -0.4 is 14.4 Å². The predicted molar refractivity (Wildman–Crippen MR) is 119 cm³/mol. The van der Waals surface area contributed by atoms with Gasteiger partial charge in [-0.25, -0.2) is 8.42 Å². The van der Waals surface area contributed by atoms with E-state index in [1.54, 1.807) is 61.5 Å². The van der Waals surface area contributed by atoms with E-state index in [2.05, 4.69) is 5.32 Å². The summed E-state index contributed by atoms with van der Waals surface area (Å²) in [6, 6.07) is 18.0. The van der Waals surface area contributed by atoms with Crippen molar-refractivity contribution in [2.75, 3.05) is 23.8 Å². The molecule has 156 valence electrons. The number of methoxy groups -OCH3 is 1. The van der Waals surface area contributed by atoms with E-state index in [9.17, 15) is 13.2 Å². The molecule has 0 saturated heterocycles. The molecule has 1 amide bonds. The maximum atomic E-state index is 13.2. The van der Waals surface area contributed by atoms with Crippen molar-refractivity contribution in [1.82, 2.24) is 0 Å². The summed E-state index contributed by atoms with van der Waals surface area (Å²) in [6.45, 7) is 1.75. The number of hydrogen-bond donors (Lipinski definition) is 1. The van der Waals surface area contributed by atoms with Crippen molar-refractivity contribution >= 4 is 38.9 Å². The number of anilines is 2. The van der Waals surface area contributed by atoms with Gasteiger partial charge in [-0.2, -0.15) is 0 Å². The Labute approximate surface area is 181 Å². The lowest BCUT2D eigenvalue weighted by molar-refractivity contribution is 0.102. The maximum Gasteiger partial charge on any atom is 0.264 e. The standard InChI is InChI=1S/C22H21ClN2O4S/c1-15-8-13-18(14-19(15)22(26)24-17-11-9-16(23)10-12-17)30(27,28)25(2)20-6-4-5-7-21(20)29-3/h4-14H,1-3H3,(H,24,26). The van der Waals surface area contributed by atoms with Crippen molar-refractivity contribution in [3.8, 4) is 5.75 Å². The fourth-order valence-electron chi connectivity index (χ4n) is 2.92. The van der Waals surface area contributed by atoms with Crippen LogP contribution in [-0.4, -0.2) is 28.5 Å². The highest BCUT2D eigenvalue weighted by Crippen LogP contribution is 2.31. The molecule has 3 rings (SSSR count). The third-order valence-electron chi connectivity index (χ3n) is 4.64. The second kappa shape index (κ2) is 8.77. The molecule has 0 unspecified atom stereocenters. The Morgan fingerprint density at radius 1 is 1.03 bits per heavy atom. The number of nitrogens with one attached hydrogen (secondary N) is 1. The fourth-order valence-corrected chi connectivity index (χ4v) is 4.27. The Bertz CT molecular complexity index is 1180. The van der Waals surface area contributed by atoms with Gasteiger partial charge in [0.1, 0.15) is 5.75 Å². The van der Waals surface area contributed by atoms with Crippen LogP contribution in [0.1, 0.15) is 15.9 Å². The van der Waals surface area contributed by atoms with E-state index in [0.29, 0.717) is 27.7 Å². The molecular weight excluding hydrogens is 424 g/mol. The van der Waals surface area contributed by atoms with E-state index in [1.165, 1.54) is 26.3 Å². The minimum Gasteiger partial charge on any atom is -0.495 e. The first kappa shape index (κ1) is 21.7. The summed E-state index contributed by atoms with van der Waals surface area (Å²) < 4.78 is 32.8. The molecule has 0 spiro atoms. The molecule has 1 N–H and O–H groups in total. The molecule has 0 aliphatic heterocycles. The third kappa shape index (κ3) is 4.42. The quantitative estimate of drug-likeness (QED) is 0.596. The molecule has 0 saturated carbocycles. The predicted octanol–water partition coefficient (Wildman–Crippen LogP) is 4.73. The molecule has 0 fully saturated rings. The number of sulfonamides is 1. The Morgan fingerprint density at radius 3 is 2.37 bits per heavy atom. The largest absolute Gasteiger partial charge is 0.495 e. The minimum atomic E-state index is -3.92. The van der Waals surface area contributed by atoms with E-state index in [4.69, 9.17) is 16.3 Å². The van der Waals surface area contributed by atoms with Gasteiger partial charge in [-0.3, -0.25) is 9.10 Å². The highest BCUT2D eigenvalue weighted by molar-refractivity contribution is 7.92. The average molecular weight is 445 g/mol. The van der Waals surface area contributed by atoms with Crippen molar-refractivity contribution in [2.45, 2.75) is 11.8 Å². The summed E-state index contributed by atoms with van der Waals surface area (Å²) in [5.74, 6) is 0.0169. The Balaban J connectivity index is 1.95. The molecule has 8 heteroatoms. The lowest BCUT2D eigenvalue weighted by atomic mass is 10.1. The monoisotopic (exact) mass is 444 g/mol. The first-order valence-electron chi connectivity index (χ1n) is 9.03. The van der Waals surface area contributed by atoms with Gasteiger partial charge >= 0.3 is 0 Å². The number of ether oxygens (including phenoxy) is 1. The molecular formula is C22H21ClN2O4S. The van der Waals surface area contributed by atoms with Crippen LogP contribution in [0.25, 0.3) is 0 Å². The number of halogens is 1. The molecule has 3 aromatic rings. The van der Waals surface area contributed by atoms with Crippen LogP contribution in [0.4, 0.5) is 11.4 Å². The summed E-state index contributed by atoms with van der Waals surface area (Å²) in [5, 5.41) is 3.31. The Hall–Kier alpha value is -3.03. The number of aryl methyl sites for hydroxylation is 1. The zero-order valence-corrected chi connectivity index (χ0v) is 18.3. The summed E-state index contributed by atoms with van der Waals surface area (Å²) in [7, 11) is -0.998. The van der Waals surface area contributed by atoms with Crippen molar-refractivity contribution < 1.29 is 17.9 Å². The lowest BCUT2D eigenvalue weighted by Gasteiger charge is -2.22. The molecule has 6 nitrogen and oxygen atoms in total. The van der Waals surface area contributed by atoms with Gasteiger partial charge in [-0.1, -0.05) is 29.8 Å². The average Bonchev–Trinajstić information content (AvgIpc) is 2.74. The van der Waals surface area contributed by atoms with Crippen LogP contribution in [0, 0.1) is 6.92 Å². The van der Waals surface area contributed by atoms with Crippen LogP contribution in [0.3, 0.4) is 0 Å². The number of rotatable bonds is 6. The SMILES string of the molecule is COc1ccccc1N(C)S(=O)(=O)c1ccc(C)c(C(=O)Nc2ccc(Cl)cc2)c1. The molecule has 0 aromatic heterocycles. The normalized spacial score (nSPS) is 11.1. The van der Waals surface area contributed by atoms with E-state index in [0.717, 1.165) is 4.31 Å². The van der Waals surface area contributed by atoms with Crippen molar-refractivity contribution in [3.05, 3.63) is 82.9 Å². The van der Waals surface area contributed by atoms with Crippen LogP contribution in [0.15, 0.2) is 71.6 Å². The number of nitrogens with zero attached hydrogens (tertiary/aromatic N) is 1. The highest BCUT2D eigenvalue weighted by atomic mass is 35.5. The van der Waals surface area contributed by atoms with Crippen LogP contribution in [-0.2, 0) is 10.0 Å². The lowest BCUT2D eigenvalue weighted by Crippen LogP contribution is -2.27. The second-order valence-electron chi connectivity index (χ2n) is 6.58. The van der Waals surface area contributed by atoms with Gasteiger partial charge in [0.05, 0.1) is 17.7 Å². The third-order valence-corrected chi connectivity index (χ3v) is 6.66. The zero-order chi connectivity index (χ0) is 21.9. The van der Waals surface area contributed by atoms with Gasteiger partial charge in [0.2, 0.25) is 0 Å². The van der Waals surface area contributed by atoms with Crippen molar-refractivity contribution in [2.24, 2.45) is 0 Å². The molecule has 0 aliphatic rings. The first-order valence-corrected chi connectivity index (χ1v) is 10.9. The molecule has 30 heavy (non-hydrogen) atoms. The summed E-state index contributed by atoms with van der Waals surface area (Å²) in [6.07, 6.45) is 0. The first-order chi connectivity index (χ1) is 14.2. The van der Waals surface area contributed by atoms with Crippen LogP contribution >= 0.6 is 11.6 Å². The molecule has 0 atom stereocenters. The number of carbonyl (C=O) groups is 1. The Kier molecular flexibility index (Phi) is 6.34. The van der Waals surface area contributed by atoms with E-state index < -0.39 is 15.9 Å². The summed E-state index contributed by atoms with van der Waals surface area (Å²) in [4.78, 5) is 12.8. The number of hydrogen-bond acceptors (Lipinski definition) is 4. The number of para-hydroxylation sites is 2. The van der Waals surface area contributed by atoms with Crippen LogP contribution in [0.2, 0.25) is 5.02 Å². The maximum absolute atomic E-state index is 13.2. The van der Waals surface area contributed by atoms with Gasteiger partial charge in [0.15, 0.2) is 0 Å². The van der Waals surface area contributed by atoms with Crippen molar-refractivity contribution in [1.29, 1.82) is 0 Å². The number of amides is 1. The van der Waals surface area contributed by atoms with Gasteiger partial charge in [0, 0.05) is 23.3 Å². The van der Waals surface area contributed by atoms with Gasteiger partial charge in [-0.05, 0) is 61.0 Å². The highest BCUT2D eigenvalue weighted by Gasteiger charge is 2.25. The van der Waals surface area contributed by atoms with E-state index in [-0.39, 0.29) is 10.5 Å². The Morgan fingerprint density at radius 2 is 1.70 bits per heavy atom. The molecule has 0 bridgehead atoms. The number of benzene rings is 3. The second-order valence-corrected chi connectivity index (χ2v) is 8.99. The van der Waals surface area contributed by atoms with Gasteiger partial charge in [0.25, 0.3) is 15.9 Å².